The van der Waals surface area contributed by atoms with Gasteiger partial charge < -0.3 is 15.5 Å². The Morgan fingerprint density at radius 2 is 1.79 bits per heavy atom. The van der Waals surface area contributed by atoms with Gasteiger partial charge >= 0.3 is 0 Å². The van der Waals surface area contributed by atoms with Crippen LogP contribution in [0, 0.1) is 17.6 Å². The predicted molar refractivity (Wildman–Crippen MR) is 128 cm³/mol. The molecule has 1 amide bonds. The Labute approximate surface area is 200 Å². The quantitative estimate of drug-likeness (QED) is 0.637. The minimum Gasteiger partial charge on any atom is -0.362 e. The maximum atomic E-state index is 13.3. The molecule has 0 unspecified atom stereocenters. The third-order valence-corrected chi connectivity index (χ3v) is 6.50. The van der Waals surface area contributed by atoms with E-state index in [1.165, 1.54) is 30.2 Å². The van der Waals surface area contributed by atoms with Crippen LogP contribution in [0.5, 0.6) is 0 Å². The van der Waals surface area contributed by atoms with Crippen LogP contribution < -0.4 is 15.5 Å². The lowest BCUT2D eigenvalue weighted by molar-refractivity contribution is 0.0942. The average Bonchev–Trinajstić information content (AvgIpc) is 2.79. The first-order valence-corrected chi connectivity index (χ1v) is 11.5. The number of fused-ring (bicyclic) bond motifs is 1. The van der Waals surface area contributed by atoms with Gasteiger partial charge in [0.05, 0.1) is 5.69 Å². The fourth-order valence-electron chi connectivity index (χ4n) is 4.68. The zero-order valence-electron chi connectivity index (χ0n) is 19.2. The van der Waals surface area contributed by atoms with E-state index in [0.29, 0.717) is 24.5 Å². The Morgan fingerprint density at radius 1 is 1.06 bits per heavy atom. The summed E-state index contributed by atoms with van der Waals surface area (Å²) < 4.78 is 26.4. The zero-order valence-corrected chi connectivity index (χ0v) is 20.0. The van der Waals surface area contributed by atoms with E-state index >= 15 is 0 Å². The second kappa shape index (κ2) is 11.1. The highest BCUT2D eigenvalue weighted by molar-refractivity contribution is 5.94. The topological polar surface area (TPSA) is 70.2 Å². The van der Waals surface area contributed by atoms with Gasteiger partial charge in [0.1, 0.15) is 5.82 Å². The molecule has 6 nitrogen and oxygen atoms in total. The van der Waals surface area contributed by atoms with Crippen molar-refractivity contribution in [2.75, 3.05) is 30.9 Å². The Kier molecular flexibility index (Phi) is 8.46. The molecule has 0 radical (unpaired) electrons. The summed E-state index contributed by atoms with van der Waals surface area (Å²) in [7, 11) is 4.06. The van der Waals surface area contributed by atoms with Gasteiger partial charge in [0.15, 0.2) is 11.6 Å². The van der Waals surface area contributed by atoms with Crippen molar-refractivity contribution in [2.45, 2.75) is 57.4 Å². The van der Waals surface area contributed by atoms with E-state index in [0.717, 1.165) is 56.5 Å². The lowest BCUT2D eigenvalue weighted by atomic mass is 9.86. The van der Waals surface area contributed by atoms with Crippen molar-refractivity contribution in [1.82, 2.24) is 15.3 Å². The van der Waals surface area contributed by atoms with Gasteiger partial charge in [0.2, 0.25) is 5.95 Å². The van der Waals surface area contributed by atoms with Crippen molar-refractivity contribution in [3.8, 4) is 0 Å². The highest BCUT2D eigenvalue weighted by Crippen LogP contribution is 2.30. The number of anilines is 2. The second-order valence-electron chi connectivity index (χ2n) is 9.10. The first kappa shape index (κ1) is 25.1. The van der Waals surface area contributed by atoms with E-state index in [2.05, 4.69) is 15.5 Å². The molecule has 0 aliphatic heterocycles. The molecular weight excluding hydrogens is 448 g/mol. The monoisotopic (exact) mass is 479 g/mol. The van der Waals surface area contributed by atoms with Gasteiger partial charge in [0.25, 0.3) is 5.91 Å². The molecule has 9 heteroatoms. The summed E-state index contributed by atoms with van der Waals surface area (Å²) >= 11 is 0. The van der Waals surface area contributed by atoms with Gasteiger partial charge in [-0.15, -0.1) is 12.4 Å². The maximum absolute atomic E-state index is 13.3. The standard InChI is InChI=1S/C24H31F2N5O.ClH/c1-31(2)22-18-5-3-4-6-21(18)29-24(30-22)28-17-10-7-15(8-11-17)14-27-23(32)16-9-12-19(25)20(26)13-16;/h9,12-13,15,17H,3-8,10-11,14H2,1-2H3,(H,27,32)(H,28,29,30);1H. The first-order valence-electron chi connectivity index (χ1n) is 11.5. The molecule has 2 N–H and O–H groups in total. The molecular formula is C24H32ClF2N5O. The number of benzene rings is 1. The van der Waals surface area contributed by atoms with Crippen LogP contribution >= 0.6 is 12.4 Å². The molecule has 0 spiro atoms. The molecule has 180 valence electrons. The summed E-state index contributed by atoms with van der Waals surface area (Å²) in [6, 6.07) is 3.53. The van der Waals surface area contributed by atoms with E-state index in [9.17, 15) is 13.6 Å². The van der Waals surface area contributed by atoms with Crippen LogP contribution in [-0.4, -0.2) is 42.6 Å². The Morgan fingerprint density at radius 3 is 2.48 bits per heavy atom. The molecule has 0 bridgehead atoms. The van der Waals surface area contributed by atoms with Crippen LogP contribution in [0.15, 0.2) is 18.2 Å². The number of nitrogens with zero attached hydrogens (tertiary/aromatic N) is 3. The van der Waals surface area contributed by atoms with Gasteiger partial charge in [-0.05, 0) is 75.5 Å². The number of carbonyl (C=O) groups is 1. The number of aryl methyl sites for hydroxylation is 1. The number of rotatable bonds is 6. The van der Waals surface area contributed by atoms with Gasteiger partial charge in [-0.3, -0.25) is 4.79 Å². The average molecular weight is 480 g/mol. The molecule has 2 aromatic rings. The van der Waals surface area contributed by atoms with E-state index in [-0.39, 0.29) is 23.9 Å². The number of hydrogen-bond acceptors (Lipinski definition) is 5. The molecule has 0 saturated heterocycles. The molecule has 4 rings (SSSR count). The van der Waals surface area contributed by atoms with Crippen LogP contribution in [0.1, 0.15) is 60.1 Å². The molecule has 1 aromatic carbocycles. The highest BCUT2D eigenvalue weighted by atomic mass is 35.5. The summed E-state index contributed by atoms with van der Waals surface area (Å²) in [4.78, 5) is 23.9. The van der Waals surface area contributed by atoms with Gasteiger partial charge in [-0.25, -0.2) is 13.8 Å². The van der Waals surface area contributed by atoms with Crippen LogP contribution in [-0.2, 0) is 12.8 Å². The number of nitrogens with one attached hydrogen (secondary N) is 2. The number of halogens is 3. The smallest absolute Gasteiger partial charge is 0.251 e. The number of carbonyl (C=O) groups excluding carboxylic acids is 1. The Balaban J connectivity index is 0.00000306. The van der Waals surface area contributed by atoms with Crippen molar-refractivity contribution < 1.29 is 13.6 Å². The minimum atomic E-state index is -1.01. The summed E-state index contributed by atoms with van der Waals surface area (Å²) in [5, 5.41) is 6.39. The number of aromatic nitrogens is 2. The summed E-state index contributed by atoms with van der Waals surface area (Å²) in [5.74, 6) is -0.235. The fourth-order valence-corrected chi connectivity index (χ4v) is 4.68. The zero-order chi connectivity index (χ0) is 22.7. The van der Waals surface area contributed by atoms with Crippen LogP contribution in [0.3, 0.4) is 0 Å². The molecule has 1 heterocycles. The van der Waals surface area contributed by atoms with Gasteiger partial charge in [0, 0.05) is 37.8 Å². The molecule has 2 aliphatic rings. The van der Waals surface area contributed by atoms with E-state index in [1.54, 1.807) is 0 Å². The third kappa shape index (κ3) is 6.10. The molecule has 1 aromatic heterocycles. The molecule has 0 atom stereocenters. The molecule has 33 heavy (non-hydrogen) atoms. The Hall–Kier alpha value is -2.48. The van der Waals surface area contributed by atoms with Crippen molar-refractivity contribution >= 4 is 30.1 Å². The molecule has 1 fully saturated rings. The predicted octanol–water partition coefficient (Wildman–Crippen LogP) is 4.52. The van der Waals surface area contributed by atoms with Crippen LogP contribution in [0.25, 0.3) is 0 Å². The first-order chi connectivity index (χ1) is 15.4. The second-order valence-corrected chi connectivity index (χ2v) is 9.10. The Bertz CT molecular complexity index is 980. The number of amides is 1. The van der Waals surface area contributed by atoms with Crippen molar-refractivity contribution in [3.63, 3.8) is 0 Å². The van der Waals surface area contributed by atoms with E-state index < -0.39 is 11.6 Å². The maximum Gasteiger partial charge on any atom is 0.251 e. The normalized spacial score (nSPS) is 19.8. The van der Waals surface area contributed by atoms with E-state index in [1.807, 2.05) is 14.1 Å². The number of hydrogen-bond donors (Lipinski definition) is 2. The van der Waals surface area contributed by atoms with E-state index in [4.69, 9.17) is 9.97 Å². The summed E-state index contributed by atoms with van der Waals surface area (Å²) in [6.07, 6.45) is 8.33. The minimum absolute atomic E-state index is 0. The van der Waals surface area contributed by atoms with Crippen LogP contribution in [0.2, 0.25) is 0 Å². The lowest BCUT2D eigenvalue weighted by Gasteiger charge is -2.30. The van der Waals surface area contributed by atoms with Crippen molar-refractivity contribution in [1.29, 1.82) is 0 Å². The molecule has 2 aliphatic carbocycles. The molecule has 1 saturated carbocycles. The fraction of sp³-hybridized carbons (Fsp3) is 0.542. The third-order valence-electron chi connectivity index (χ3n) is 6.50. The summed E-state index contributed by atoms with van der Waals surface area (Å²) in [6.45, 7) is 0.532. The lowest BCUT2D eigenvalue weighted by Crippen LogP contribution is -2.34. The van der Waals surface area contributed by atoms with Crippen molar-refractivity contribution in [2.24, 2.45) is 5.92 Å². The SMILES string of the molecule is CN(C)c1nc(NC2CCC(CNC(=O)c3ccc(F)c(F)c3)CC2)nc2c1CCCC2.Cl. The van der Waals surface area contributed by atoms with Gasteiger partial charge in [-0.2, -0.15) is 4.98 Å². The van der Waals surface area contributed by atoms with Crippen molar-refractivity contribution in [3.05, 3.63) is 46.7 Å². The van der Waals surface area contributed by atoms with Crippen LogP contribution in [0.4, 0.5) is 20.5 Å². The largest absolute Gasteiger partial charge is 0.362 e. The van der Waals surface area contributed by atoms with Gasteiger partial charge in [-0.1, -0.05) is 0 Å². The summed E-state index contributed by atoms with van der Waals surface area (Å²) in [5.41, 5.74) is 2.60. The highest BCUT2D eigenvalue weighted by Gasteiger charge is 2.24.